The second-order valence-electron chi connectivity index (χ2n) is 2.95. The maximum Gasteiger partial charge on any atom is 0.142 e. The molecule has 1 rings (SSSR count). The number of nitrogens with two attached hydrogens (primary N) is 1. The van der Waals surface area contributed by atoms with Crippen molar-refractivity contribution in [2.75, 3.05) is 20.8 Å². The van der Waals surface area contributed by atoms with Crippen LogP contribution < -0.4 is 15.2 Å². The summed E-state index contributed by atoms with van der Waals surface area (Å²) in [5.41, 5.74) is 5.99. The Kier molecular flexibility index (Phi) is 4.38. The number of benzene rings is 1. The first-order chi connectivity index (χ1) is 7.15. The van der Waals surface area contributed by atoms with E-state index in [1.54, 1.807) is 12.1 Å². The van der Waals surface area contributed by atoms with Gasteiger partial charge < -0.3 is 20.3 Å². The van der Waals surface area contributed by atoms with E-state index in [4.69, 9.17) is 15.2 Å². The van der Waals surface area contributed by atoms with Crippen LogP contribution in [0.1, 0.15) is 11.7 Å². The van der Waals surface area contributed by atoms with Gasteiger partial charge in [-0.3, -0.25) is 0 Å². The summed E-state index contributed by atoms with van der Waals surface area (Å²) in [7, 11) is 3.07. The first-order valence-corrected chi connectivity index (χ1v) is 5.23. The number of methoxy groups -OCH3 is 2. The van der Waals surface area contributed by atoms with Gasteiger partial charge in [-0.05, 0) is 28.1 Å². The maximum absolute atomic E-state index is 9.77. The maximum atomic E-state index is 9.77. The van der Waals surface area contributed by atoms with E-state index in [2.05, 4.69) is 15.9 Å². The number of ether oxygens (including phenoxy) is 2. The number of rotatable bonds is 4. The lowest BCUT2D eigenvalue weighted by atomic mass is 10.1. The van der Waals surface area contributed by atoms with Crippen LogP contribution in [0.2, 0.25) is 0 Å². The van der Waals surface area contributed by atoms with Gasteiger partial charge in [-0.1, -0.05) is 0 Å². The monoisotopic (exact) mass is 275 g/mol. The quantitative estimate of drug-likeness (QED) is 0.873. The summed E-state index contributed by atoms with van der Waals surface area (Å²) >= 11 is 3.34. The Balaban J connectivity index is 3.33. The highest BCUT2D eigenvalue weighted by Gasteiger charge is 2.19. The molecule has 0 heterocycles. The summed E-state index contributed by atoms with van der Waals surface area (Å²) in [5.74, 6) is 1.11. The summed E-state index contributed by atoms with van der Waals surface area (Å²) in [6.45, 7) is 0.114. The molecular weight excluding hydrogens is 262 g/mol. The lowest BCUT2D eigenvalue weighted by molar-refractivity contribution is 0.177. The molecule has 0 aromatic heterocycles. The predicted molar refractivity (Wildman–Crippen MR) is 61.3 cm³/mol. The van der Waals surface area contributed by atoms with Gasteiger partial charge in [-0.25, -0.2) is 0 Å². The highest BCUT2D eigenvalue weighted by molar-refractivity contribution is 9.10. The Hall–Kier alpha value is -0.780. The van der Waals surface area contributed by atoms with Crippen molar-refractivity contribution in [3.05, 3.63) is 22.2 Å². The molecule has 4 nitrogen and oxygen atoms in total. The Morgan fingerprint density at radius 3 is 2.53 bits per heavy atom. The lowest BCUT2D eigenvalue weighted by Crippen LogP contribution is -2.14. The second kappa shape index (κ2) is 5.34. The van der Waals surface area contributed by atoms with Gasteiger partial charge in [0.15, 0.2) is 0 Å². The molecule has 0 aliphatic heterocycles. The van der Waals surface area contributed by atoms with E-state index in [0.717, 1.165) is 4.47 Å². The summed E-state index contributed by atoms with van der Waals surface area (Å²) in [6.07, 6.45) is -0.799. The predicted octanol–water partition coefficient (Wildman–Crippen LogP) is 1.46. The average Bonchev–Trinajstić information content (AvgIpc) is 2.27. The van der Waals surface area contributed by atoms with Gasteiger partial charge in [-0.15, -0.1) is 0 Å². The van der Waals surface area contributed by atoms with E-state index in [0.29, 0.717) is 17.1 Å². The fourth-order valence-electron chi connectivity index (χ4n) is 1.37. The Labute approximate surface area is 97.1 Å². The van der Waals surface area contributed by atoms with Gasteiger partial charge in [0.25, 0.3) is 0 Å². The van der Waals surface area contributed by atoms with Crippen LogP contribution in [-0.4, -0.2) is 25.9 Å². The van der Waals surface area contributed by atoms with Gasteiger partial charge in [0.1, 0.15) is 11.5 Å². The topological polar surface area (TPSA) is 64.7 Å². The third-order valence-electron chi connectivity index (χ3n) is 2.09. The summed E-state index contributed by atoms with van der Waals surface area (Å²) in [5, 5.41) is 9.77. The molecule has 5 heteroatoms. The van der Waals surface area contributed by atoms with Crippen molar-refractivity contribution in [3.8, 4) is 11.5 Å². The number of aliphatic hydroxyl groups is 1. The number of hydrogen-bond donors (Lipinski definition) is 2. The van der Waals surface area contributed by atoms with Gasteiger partial charge >= 0.3 is 0 Å². The second-order valence-corrected chi connectivity index (χ2v) is 3.80. The lowest BCUT2D eigenvalue weighted by Gasteiger charge is -2.17. The summed E-state index contributed by atoms with van der Waals surface area (Å²) in [4.78, 5) is 0. The number of halogens is 1. The highest BCUT2D eigenvalue weighted by atomic mass is 79.9. The molecule has 0 saturated heterocycles. The van der Waals surface area contributed by atoms with Crippen molar-refractivity contribution in [1.82, 2.24) is 0 Å². The van der Waals surface area contributed by atoms with E-state index >= 15 is 0 Å². The molecule has 0 bridgehead atoms. The van der Waals surface area contributed by atoms with Crippen LogP contribution in [0.5, 0.6) is 11.5 Å². The minimum absolute atomic E-state index is 0.114. The molecule has 1 aromatic carbocycles. The van der Waals surface area contributed by atoms with E-state index in [-0.39, 0.29) is 6.54 Å². The molecule has 0 amide bonds. The average molecular weight is 276 g/mol. The number of aliphatic hydroxyl groups excluding tert-OH is 1. The Morgan fingerprint density at radius 1 is 1.40 bits per heavy atom. The molecule has 0 aliphatic carbocycles. The highest BCUT2D eigenvalue weighted by Crippen LogP contribution is 2.39. The summed E-state index contributed by atoms with van der Waals surface area (Å²) in [6, 6.07) is 3.55. The van der Waals surface area contributed by atoms with E-state index in [9.17, 15) is 5.11 Å². The minimum atomic E-state index is -0.799. The van der Waals surface area contributed by atoms with Crippen molar-refractivity contribution >= 4 is 15.9 Å². The summed E-state index contributed by atoms with van der Waals surface area (Å²) < 4.78 is 11.1. The first-order valence-electron chi connectivity index (χ1n) is 4.44. The van der Waals surface area contributed by atoms with Crippen molar-refractivity contribution < 1.29 is 14.6 Å². The van der Waals surface area contributed by atoms with Crippen molar-refractivity contribution in [2.24, 2.45) is 5.73 Å². The molecule has 1 aromatic rings. The molecule has 15 heavy (non-hydrogen) atoms. The molecule has 0 fully saturated rings. The zero-order chi connectivity index (χ0) is 11.4. The standard InChI is InChI=1S/C10H14BrNO3/c1-14-8-4-3-6(11)10(15-2)9(8)7(13)5-12/h3-4,7,13H,5,12H2,1-2H3. The first kappa shape index (κ1) is 12.3. The van der Waals surface area contributed by atoms with Crippen molar-refractivity contribution in [2.45, 2.75) is 6.10 Å². The van der Waals surface area contributed by atoms with Crippen LogP contribution >= 0.6 is 15.9 Å². The molecule has 1 atom stereocenters. The molecular formula is C10H14BrNO3. The molecule has 0 saturated carbocycles. The Morgan fingerprint density at radius 2 is 2.07 bits per heavy atom. The van der Waals surface area contributed by atoms with Gasteiger partial charge in [0, 0.05) is 6.54 Å². The van der Waals surface area contributed by atoms with Crippen molar-refractivity contribution in [3.63, 3.8) is 0 Å². The molecule has 0 radical (unpaired) electrons. The smallest absolute Gasteiger partial charge is 0.142 e. The van der Waals surface area contributed by atoms with Crippen LogP contribution in [0.4, 0.5) is 0 Å². The molecule has 0 spiro atoms. The zero-order valence-corrected chi connectivity index (χ0v) is 10.2. The van der Waals surface area contributed by atoms with Crippen molar-refractivity contribution in [1.29, 1.82) is 0 Å². The SMILES string of the molecule is COc1ccc(Br)c(OC)c1C(O)CN. The largest absolute Gasteiger partial charge is 0.496 e. The third-order valence-corrected chi connectivity index (χ3v) is 2.71. The van der Waals surface area contributed by atoms with Crippen LogP contribution in [-0.2, 0) is 0 Å². The zero-order valence-electron chi connectivity index (χ0n) is 8.66. The number of hydrogen-bond acceptors (Lipinski definition) is 4. The molecule has 84 valence electrons. The normalized spacial score (nSPS) is 12.3. The van der Waals surface area contributed by atoms with Crippen LogP contribution in [0.3, 0.4) is 0 Å². The van der Waals surface area contributed by atoms with E-state index in [1.807, 2.05) is 0 Å². The molecule has 3 N–H and O–H groups in total. The Bertz CT molecular complexity index is 344. The van der Waals surface area contributed by atoms with Gasteiger partial charge in [-0.2, -0.15) is 0 Å². The van der Waals surface area contributed by atoms with Gasteiger partial charge in [0.2, 0.25) is 0 Å². The van der Waals surface area contributed by atoms with Crippen LogP contribution in [0, 0.1) is 0 Å². The van der Waals surface area contributed by atoms with E-state index in [1.165, 1.54) is 14.2 Å². The van der Waals surface area contributed by atoms with Crippen LogP contribution in [0.25, 0.3) is 0 Å². The molecule has 1 unspecified atom stereocenters. The minimum Gasteiger partial charge on any atom is -0.496 e. The van der Waals surface area contributed by atoms with E-state index < -0.39 is 6.10 Å². The third kappa shape index (κ3) is 2.42. The van der Waals surface area contributed by atoms with Gasteiger partial charge in [0.05, 0.1) is 30.4 Å². The van der Waals surface area contributed by atoms with Crippen LogP contribution in [0.15, 0.2) is 16.6 Å². The fourth-order valence-corrected chi connectivity index (χ4v) is 1.88. The fraction of sp³-hybridized carbons (Fsp3) is 0.400. The molecule has 0 aliphatic rings.